The molecular weight excluding hydrogens is 184 g/mol. The summed E-state index contributed by atoms with van der Waals surface area (Å²) in [6.07, 6.45) is 0.768. The van der Waals surface area contributed by atoms with Gasteiger partial charge < -0.3 is 11.5 Å². The van der Waals surface area contributed by atoms with Gasteiger partial charge in [-0.05, 0) is 37.1 Å². The van der Waals surface area contributed by atoms with Crippen LogP contribution in [0, 0.1) is 6.92 Å². The average Bonchev–Trinajstić information content (AvgIpc) is 2.04. The quantitative estimate of drug-likeness (QED) is 0.781. The highest BCUT2D eigenvalue weighted by Gasteiger charge is 2.11. The number of nitrogens with two attached hydrogens (primary N) is 2. The van der Waals surface area contributed by atoms with E-state index in [0.717, 1.165) is 22.6 Å². The second kappa shape index (κ2) is 4.61. The van der Waals surface area contributed by atoms with Crippen LogP contribution < -0.4 is 11.5 Å². The van der Waals surface area contributed by atoms with Crippen molar-refractivity contribution in [1.29, 1.82) is 0 Å². The minimum absolute atomic E-state index is 0.0429. The topological polar surface area (TPSA) is 52.0 Å². The molecule has 4 N–H and O–H groups in total. The molecule has 0 radical (unpaired) electrons. The minimum atomic E-state index is -0.0429. The Labute approximate surface area is 83.9 Å². The molecule has 0 saturated heterocycles. The molecule has 1 aromatic rings. The molecule has 1 rings (SSSR count). The van der Waals surface area contributed by atoms with Crippen LogP contribution in [0.3, 0.4) is 0 Å². The molecule has 0 saturated carbocycles. The smallest absolute Gasteiger partial charge is 0.0456 e. The predicted molar refractivity (Wildman–Crippen MR) is 56.8 cm³/mol. The minimum Gasteiger partial charge on any atom is -0.330 e. The summed E-state index contributed by atoms with van der Waals surface area (Å²) >= 11 is 6.04. The number of rotatable bonds is 3. The largest absolute Gasteiger partial charge is 0.330 e. The summed E-state index contributed by atoms with van der Waals surface area (Å²) in [5.41, 5.74) is 13.5. The molecule has 0 bridgehead atoms. The van der Waals surface area contributed by atoms with Crippen LogP contribution in [0.25, 0.3) is 0 Å². The molecular formula is C10H15ClN2. The van der Waals surface area contributed by atoms with E-state index >= 15 is 0 Å². The third-order valence-corrected chi connectivity index (χ3v) is 2.45. The molecule has 0 spiro atoms. The lowest BCUT2D eigenvalue weighted by atomic mass is 9.99. The number of benzene rings is 1. The molecule has 2 nitrogen and oxygen atoms in total. The van der Waals surface area contributed by atoms with Crippen LogP contribution >= 0.6 is 11.6 Å². The van der Waals surface area contributed by atoms with Gasteiger partial charge in [-0.25, -0.2) is 0 Å². The predicted octanol–water partition coefficient (Wildman–Crippen LogP) is 2.00. The summed E-state index contributed by atoms with van der Waals surface area (Å²) in [4.78, 5) is 0. The van der Waals surface area contributed by atoms with E-state index in [2.05, 4.69) is 0 Å². The SMILES string of the molecule is Cc1cccc(Cl)c1[C@@H](N)CCN. The van der Waals surface area contributed by atoms with Gasteiger partial charge in [-0.1, -0.05) is 23.7 Å². The van der Waals surface area contributed by atoms with Crippen molar-refractivity contribution < 1.29 is 0 Å². The molecule has 0 aromatic heterocycles. The van der Waals surface area contributed by atoms with Gasteiger partial charge in [-0.3, -0.25) is 0 Å². The number of aryl methyl sites for hydroxylation is 1. The highest BCUT2D eigenvalue weighted by molar-refractivity contribution is 6.31. The average molecular weight is 199 g/mol. The van der Waals surface area contributed by atoms with E-state index in [0.29, 0.717) is 6.54 Å². The molecule has 72 valence electrons. The monoisotopic (exact) mass is 198 g/mol. The van der Waals surface area contributed by atoms with Gasteiger partial charge in [-0.2, -0.15) is 0 Å². The van der Waals surface area contributed by atoms with Crippen molar-refractivity contribution in [1.82, 2.24) is 0 Å². The van der Waals surface area contributed by atoms with Crippen LogP contribution in [0.5, 0.6) is 0 Å². The van der Waals surface area contributed by atoms with Crippen LogP contribution in [-0.4, -0.2) is 6.54 Å². The molecule has 3 heteroatoms. The summed E-state index contributed by atoms with van der Waals surface area (Å²) in [5.74, 6) is 0. The molecule has 0 aliphatic carbocycles. The normalized spacial score (nSPS) is 12.9. The van der Waals surface area contributed by atoms with Crippen molar-refractivity contribution in [2.75, 3.05) is 6.54 Å². The van der Waals surface area contributed by atoms with Crippen molar-refractivity contribution >= 4 is 11.6 Å². The van der Waals surface area contributed by atoms with Crippen LogP contribution in [0.4, 0.5) is 0 Å². The van der Waals surface area contributed by atoms with Gasteiger partial charge in [0.2, 0.25) is 0 Å². The zero-order valence-electron chi connectivity index (χ0n) is 7.76. The first kappa shape index (κ1) is 10.5. The second-order valence-electron chi connectivity index (χ2n) is 3.15. The number of hydrogen-bond acceptors (Lipinski definition) is 2. The van der Waals surface area contributed by atoms with E-state index in [-0.39, 0.29) is 6.04 Å². The molecule has 0 amide bonds. The van der Waals surface area contributed by atoms with Gasteiger partial charge in [0.15, 0.2) is 0 Å². The van der Waals surface area contributed by atoms with Crippen LogP contribution in [0.1, 0.15) is 23.6 Å². The van der Waals surface area contributed by atoms with Crippen LogP contribution in [0.15, 0.2) is 18.2 Å². The van der Waals surface area contributed by atoms with Gasteiger partial charge in [0.1, 0.15) is 0 Å². The third-order valence-electron chi connectivity index (χ3n) is 2.12. The summed E-state index contributed by atoms with van der Waals surface area (Å²) in [6, 6.07) is 5.76. The van der Waals surface area contributed by atoms with E-state index in [1.807, 2.05) is 25.1 Å². The summed E-state index contributed by atoms with van der Waals surface area (Å²) in [5, 5.41) is 0.737. The lowest BCUT2D eigenvalue weighted by Crippen LogP contribution is -2.16. The summed E-state index contributed by atoms with van der Waals surface area (Å²) < 4.78 is 0. The Morgan fingerprint density at radius 3 is 2.69 bits per heavy atom. The zero-order valence-corrected chi connectivity index (χ0v) is 8.51. The molecule has 0 heterocycles. The molecule has 13 heavy (non-hydrogen) atoms. The van der Waals surface area contributed by atoms with E-state index in [1.165, 1.54) is 0 Å². The molecule has 0 aliphatic heterocycles. The highest BCUT2D eigenvalue weighted by atomic mass is 35.5. The van der Waals surface area contributed by atoms with Gasteiger partial charge in [0.05, 0.1) is 0 Å². The Bertz CT molecular complexity index is 266. The lowest BCUT2D eigenvalue weighted by molar-refractivity contribution is 0.658. The standard InChI is InChI=1S/C10H15ClN2/c1-7-3-2-4-8(11)10(7)9(13)5-6-12/h2-4,9H,5-6,12-13H2,1H3/t9-/m0/s1. The van der Waals surface area contributed by atoms with Gasteiger partial charge >= 0.3 is 0 Å². The molecule has 1 atom stereocenters. The second-order valence-corrected chi connectivity index (χ2v) is 3.56. The summed E-state index contributed by atoms with van der Waals surface area (Å²) in [6.45, 7) is 2.60. The molecule has 0 fully saturated rings. The van der Waals surface area contributed by atoms with E-state index in [1.54, 1.807) is 0 Å². The Morgan fingerprint density at radius 2 is 2.15 bits per heavy atom. The Kier molecular flexibility index (Phi) is 3.72. The lowest BCUT2D eigenvalue weighted by Gasteiger charge is -2.15. The molecule has 0 unspecified atom stereocenters. The Hall–Kier alpha value is -0.570. The maximum Gasteiger partial charge on any atom is 0.0456 e. The van der Waals surface area contributed by atoms with Crippen molar-refractivity contribution in [2.24, 2.45) is 11.5 Å². The number of halogens is 1. The number of hydrogen-bond donors (Lipinski definition) is 2. The fourth-order valence-electron chi connectivity index (χ4n) is 1.44. The first-order valence-corrected chi connectivity index (χ1v) is 4.75. The van der Waals surface area contributed by atoms with Gasteiger partial charge in [-0.15, -0.1) is 0 Å². The van der Waals surface area contributed by atoms with E-state index < -0.39 is 0 Å². The first-order chi connectivity index (χ1) is 6.16. The summed E-state index contributed by atoms with van der Waals surface area (Å²) in [7, 11) is 0. The maximum atomic E-state index is 6.04. The third kappa shape index (κ3) is 2.44. The Balaban J connectivity index is 2.98. The van der Waals surface area contributed by atoms with Crippen LogP contribution in [-0.2, 0) is 0 Å². The molecule has 1 aromatic carbocycles. The fourth-order valence-corrected chi connectivity index (χ4v) is 1.80. The van der Waals surface area contributed by atoms with E-state index in [9.17, 15) is 0 Å². The van der Waals surface area contributed by atoms with Crippen LogP contribution in [0.2, 0.25) is 5.02 Å². The Morgan fingerprint density at radius 1 is 1.46 bits per heavy atom. The highest BCUT2D eigenvalue weighted by Crippen LogP contribution is 2.26. The zero-order chi connectivity index (χ0) is 9.84. The van der Waals surface area contributed by atoms with Crippen molar-refractivity contribution in [3.63, 3.8) is 0 Å². The first-order valence-electron chi connectivity index (χ1n) is 4.37. The maximum absolute atomic E-state index is 6.04. The fraction of sp³-hybridized carbons (Fsp3) is 0.400. The van der Waals surface area contributed by atoms with Gasteiger partial charge in [0.25, 0.3) is 0 Å². The van der Waals surface area contributed by atoms with Gasteiger partial charge in [0, 0.05) is 11.1 Å². The van der Waals surface area contributed by atoms with Crippen molar-refractivity contribution in [3.05, 3.63) is 34.3 Å². The molecule has 0 aliphatic rings. The van der Waals surface area contributed by atoms with E-state index in [4.69, 9.17) is 23.1 Å². The van der Waals surface area contributed by atoms with Crippen molar-refractivity contribution in [2.45, 2.75) is 19.4 Å². The van der Waals surface area contributed by atoms with Crippen molar-refractivity contribution in [3.8, 4) is 0 Å².